The fourth-order valence-corrected chi connectivity index (χ4v) is 1.61. The van der Waals surface area contributed by atoms with Gasteiger partial charge >= 0.3 is 0 Å². The minimum atomic E-state index is -0.685. The van der Waals surface area contributed by atoms with Crippen LogP contribution in [0.5, 0.6) is 0 Å². The number of rotatable bonds is 10. The highest BCUT2D eigenvalue weighted by Crippen LogP contribution is 2.19. The molecule has 0 aliphatic heterocycles. The molecule has 3 N–H and O–H groups in total. The fraction of sp³-hybridized carbons (Fsp3) is 0.571. The zero-order valence-electron chi connectivity index (χ0n) is 11.4. The van der Waals surface area contributed by atoms with Crippen molar-refractivity contribution in [1.82, 2.24) is 0 Å². The highest BCUT2D eigenvalue weighted by Gasteiger charge is 2.10. The molecule has 0 fully saturated rings. The number of ether oxygens (including phenoxy) is 3. The van der Waals surface area contributed by atoms with Gasteiger partial charge in [0.25, 0.3) is 0 Å². The number of para-hydroxylation sites is 1. The molecule has 0 radical (unpaired) electrons. The van der Waals surface area contributed by atoms with E-state index >= 15 is 0 Å². The Bertz CT molecular complexity index is 346. The van der Waals surface area contributed by atoms with Crippen molar-refractivity contribution < 1.29 is 19.3 Å². The lowest BCUT2D eigenvalue weighted by Crippen LogP contribution is -2.11. The van der Waals surface area contributed by atoms with Crippen LogP contribution in [0.25, 0.3) is 0 Å². The van der Waals surface area contributed by atoms with E-state index in [9.17, 15) is 5.11 Å². The molecular weight excluding hydrogens is 246 g/mol. The molecule has 19 heavy (non-hydrogen) atoms. The van der Waals surface area contributed by atoms with E-state index in [1.165, 1.54) is 0 Å². The number of methoxy groups -OCH3 is 1. The van der Waals surface area contributed by atoms with Gasteiger partial charge in [-0.2, -0.15) is 0 Å². The molecule has 5 heteroatoms. The number of nitrogen functional groups attached to an aromatic ring is 1. The lowest BCUT2D eigenvalue weighted by Gasteiger charge is -2.13. The van der Waals surface area contributed by atoms with E-state index < -0.39 is 6.10 Å². The smallest absolute Gasteiger partial charge is 0.104 e. The first kappa shape index (κ1) is 15.9. The summed E-state index contributed by atoms with van der Waals surface area (Å²) >= 11 is 0. The SMILES string of the molecule is COCCOCCCOCC(O)c1ccccc1N. The molecule has 0 aliphatic rings. The Morgan fingerprint density at radius 1 is 1.11 bits per heavy atom. The van der Waals surface area contributed by atoms with E-state index in [4.69, 9.17) is 19.9 Å². The van der Waals surface area contributed by atoms with Crippen LogP contribution in [0.4, 0.5) is 5.69 Å². The molecule has 108 valence electrons. The van der Waals surface area contributed by atoms with Crippen LogP contribution < -0.4 is 5.73 Å². The van der Waals surface area contributed by atoms with Gasteiger partial charge < -0.3 is 25.1 Å². The molecule has 0 aromatic heterocycles. The van der Waals surface area contributed by atoms with Crippen molar-refractivity contribution in [3.8, 4) is 0 Å². The van der Waals surface area contributed by atoms with Gasteiger partial charge in [0.05, 0.1) is 19.8 Å². The second-order valence-electron chi connectivity index (χ2n) is 4.18. The van der Waals surface area contributed by atoms with Crippen LogP contribution in [0.3, 0.4) is 0 Å². The number of aliphatic hydroxyl groups is 1. The molecule has 1 unspecified atom stereocenters. The maximum atomic E-state index is 9.92. The molecule has 0 spiro atoms. The average Bonchev–Trinajstić information content (AvgIpc) is 2.42. The molecule has 1 aromatic carbocycles. The summed E-state index contributed by atoms with van der Waals surface area (Å²) in [6, 6.07) is 7.25. The first-order chi connectivity index (χ1) is 9.25. The van der Waals surface area contributed by atoms with Gasteiger partial charge in [0.2, 0.25) is 0 Å². The van der Waals surface area contributed by atoms with Crippen LogP contribution >= 0.6 is 0 Å². The van der Waals surface area contributed by atoms with E-state index in [0.717, 1.165) is 6.42 Å². The van der Waals surface area contributed by atoms with Gasteiger partial charge in [-0.25, -0.2) is 0 Å². The fourth-order valence-electron chi connectivity index (χ4n) is 1.61. The molecule has 5 nitrogen and oxygen atoms in total. The molecule has 1 aromatic rings. The predicted molar refractivity (Wildman–Crippen MR) is 73.9 cm³/mol. The Morgan fingerprint density at radius 3 is 2.58 bits per heavy atom. The summed E-state index contributed by atoms with van der Waals surface area (Å²) < 4.78 is 15.6. The Hall–Kier alpha value is -1.14. The van der Waals surface area contributed by atoms with Crippen molar-refractivity contribution >= 4 is 5.69 Å². The number of anilines is 1. The van der Waals surface area contributed by atoms with Gasteiger partial charge in [0.1, 0.15) is 6.10 Å². The second kappa shape index (κ2) is 9.75. The van der Waals surface area contributed by atoms with Gasteiger partial charge in [-0.05, 0) is 12.5 Å². The number of nitrogens with two attached hydrogens (primary N) is 1. The van der Waals surface area contributed by atoms with Gasteiger partial charge in [0.15, 0.2) is 0 Å². The van der Waals surface area contributed by atoms with E-state index in [1.54, 1.807) is 19.2 Å². The third kappa shape index (κ3) is 6.54. The van der Waals surface area contributed by atoms with Crippen molar-refractivity contribution in [1.29, 1.82) is 0 Å². The van der Waals surface area contributed by atoms with Crippen LogP contribution in [0.15, 0.2) is 24.3 Å². The minimum Gasteiger partial charge on any atom is -0.398 e. The highest BCUT2D eigenvalue weighted by molar-refractivity contribution is 5.47. The summed E-state index contributed by atoms with van der Waals surface area (Å²) in [5.74, 6) is 0. The molecule has 0 bridgehead atoms. The molecule has 1 rings (SSSR count). The molecule has 0 saturated carbocycles. The van der Waals surface area contributed by atoms with E-state index in [0.29, 0.717) is 37.7 Å². The van der Waals surface area contributed by atoms with Gasteiger partial charge in [-0.1, -0.05) is 18.2 Å². The lowest BCUT2D eigenvalue weighted by molar-refractivity contribution is 0.0184. The molecule has 0 amide bonds. The maximum Gasteiger partial charge on any atom is 0.104 e. The molecule has 0 heterocycles. The molecule has 0 saturated heterocycles. The molecule has 0 aliphatic carbocycles. The number of benzene rings is 1. The Balaban J connectivity index is 2.08. The Kier molecular flexibility index (Phi) is 8.16. The van der Waals surface area contributed by atoms with Crippen molar-refractivity contribution in [2.45, 2.75) is 12.5 Å². The van der Waals surface area contributed by atoms with Crippen LogP contribution in [0.2, 0.25) is 0 Å². The zero-order chi connectivity index (χ0) is 13.9. The van der Waals surface area contributed by atoms with Crippen molar-refractivity contribution in [3.05, 3.63) is 29.8 Å². The summed E-state index contributed by atoms with van der Waals surface area (Å²) in [5.41, 5.74) is 7.06. The quantitative estimate of drug-likeness (QED) is 0.496. The largest absolute Gasteiger partial charge is 0.398 e. The summed E-state index contributed by atoms with van der Waals surface area (Å²) in [6.45, 7) is 2.63. The average molecular weight is 269 g/mol. The summed E-state index contributed by atoms with van der Waals surface area (Å²) in [5, 5.41) is 9.92. The standard InChI is InChI=1S/C14H23NO4/c1-17-9-10-18-7-4-8-19-11-14(16)12-5-2-3-6-13(12)15/h2-3,5-6,14,16H,4,7-11,15H2,1H3. The lowest BCUT2D eigenvalue weighted by atomic mass is 10.1. The van der Waals surface area contributed by atoms with Crippen molar-refractivity contribution in [2.75, 3.05) is 45.9 Å². The highest BCUT2D eigenvalue weighted by atomic mass is 16.5. The number of aliphatic hydroxyl groups excluding tert-OH is 1. The third-order valence-electron chi connectivity index (χ3n) is 2.64. The van der Waals surface area contributed by atoms with Crippen LogP contribution in [-0.2, 0) is 14.2 Å². The van der Waals surface area contributed by atoms with E-state index in [1.807, 2.05) is 12.1 Å². The van der Waals surface area contributed by atoms with Crippen molar-refractivity contribution in [3.63, 3.8) is 0 Å². The minimum absolute atomic E-state index is 0.242. The maximum absolute atomic E-state index is 9.92. The van der Waals surface area contributed by atoms with E-state index in [2.05, 4.69) is 0 Å². The van der Waals surface area contributed by atoms with Gasteiger partial charge in [-0.15, -0.1) is 0 Å². The van der Waals surface area contributed by atoms with Gasteiger partial charge in [-0.3, -0.25) is 0 Å². The normalized spacial score (nSPS) is 12.5. The van der Waals surface area contributed by atoms with Gasteiger partial charge in [0, 0.05) is 31.6 Å². The zero-order valence-corrected chi connectivity index (χ0v) is 11.4. The summed E-state index contributed by atoms with van der Waals surface area (Å²) in [4.78, 5) is 0. The summed E-state index contributed by atoms with van der Waals surface area (Å²) in [6.07, 6.45) is 0.108. The molecular formula is C14H23NO4. The second-order valence-corrected chi connectivity index (χ2v) is 4.18. The molecule has 1 atom stereocenters. The number of hydrogen-bond acceptors (Lipinski definition) is 5. The van der Waals surface area contributed by atoms with E-state index in [-0.39, 0.29) is 6.61 Å². The topological polar surface area (TPSA) is 73.9 Å². The Labute approximate surface area is 114 Å². The first-order valence-electron chi connectivity index (χ1n) is 6.42. The predicted octanol–water partition coefficient (Wildman–Crippen LogP) is 1.37. The van der Waals surface area contributed by atoms with Crippen molar-refractivity contribution in [2.24, 2.45) is 0 Å². The number of hydrogen-bond donors (Lipinski definition) is 2. The summed E-state index contributed by atoms with van der Waals surface area (Å²) in [7, 11) is 1.64. The first-order valence-corrected chi connectivity index (χ1v) is 6.42. The van der Waals surface area contributed by atoms with Crippen LogP contribution in [0, 0.1) is 0 Å². The van der Waals surface area contributed by atoms with Crippen LogP contribution in [0.1, 0.15) is 18.1 Å². The monoisotopic (exact) mass is 269 g/mol. The van der Waals surface area contributed by atoms with Crippen LogP contribution in [-0.4, -0.2) is 45.3 Å². The Morgan fingerprint density at radius 2 is 1.84 bits per heavy atom. The third-order valence-corrected chi connectivity index (χ3v) is 2.64.